The zero-order chi connectivity index (χ0) is 23.0. The monoisotopic (exact) mass is 429 g/mol. The van der Waals surface area contributed by atoms with Gasteiger partial charge in [0.1, 0.15) is 11.4 Å². The van der Waals surface area contributed by atoms with Crippen molar-refractivity contribution in [1.29, 1.82) is 0 Å². The summed E-state index contributed by atoms with van der Waals surface area (Å²) >= 11 is 0. The zero-order valence-electron chi connectivity index (χ0n) is 19.8. The summed E-state index contributed by atoms with van der Waals surface area (Å²) < 4.78 is 10.8. The number of benzene rings is 1. The molecule has 0 atom stereocenters. The highest BCUT2D eigenvalue weighted by Crippen LogP contribution is 2.40. The fraction of sp³-hybridized carbons (Fsp3) is 0.583. The lowest BCUT2D eigenvalue weighted by Crippen LogP contribution is -2.55. The molecule has 170 valence electrons. The van der Waals surface area contributed by atoms with Crippen LogP contribution in [0.25, 0.3) is 5.57 Å². The van der Waals surface area contributed by atoms with Crippen molar-refractivity contribution in [2.75, 3.05) is 44.7 Å². The standard InChI is InChI=1S/C24H35N3O4/c1-17-15-24(5,6)27(20-9-8-18(30-7)14-19(17)20)21(28)16-25-10-12-26(13-11-25)22(29)31-23(2,3)4/h8-9,14-15H,10-13,16H2,1-7H3. The van der Waals surface area contributed by atoms with Gasteiger partial charge in [0.15, 0.2) is 0 Å². The van der Waals surface area contributed by atoms with Gasteiger partial charge in [-0.2, -0.15) is 0 Å². The van der Waals surface area contributed by atoms with E-state index in [2.05, 4.69) is 31.7 Å². The Labute approximate surface area is 185 Å². The number of rotatable bonds is 3. The lowest BCUT2D eigenvalue weighted by molar-refractivity contribution is -0.120. The van der Waals surface area contributed by atoms with Crippen molar-refractivity contribution in [2.24, 2.45) is 0 Å². The highest BCUT2D eigenvalue weighted by atomic mass is 16.6. The first-order chi connectivity index (χ1) is 14.4. The highest BCUT2D eigenvalue weighted by molar-refractivity contribution is 6.01. The van der Waals surface area contributed by atoms with Crippen molar-refractivity contribution in [1.82, 2.24) is 9.80 Å². The van der Waals surface area contributed by atoms with Gasteiger partial charge in [0, 0.05) is 31.7 Å². The number of carbonyl (C=O) groups excluding carboxylic acids is 2. The van der Waals surface area contributed by atoms with E-state index in [1.54, 1.807) is 12.0 Å². The first kappa shape index (κ1) is 23.1. The van der Waals surface area contributed by atoms with Crippen molar-refractivity contribution >= 4 is 23.3 Å². The summed E-state index contributed by atoms with van der Waals surface area (Å²) in [5.41, 5.74) is 2.12. The van der Waals surface area contributed by atoms with E-state index in [0.29, 0.717) is 32.7 Å². The van der Waals surface area contributed by atoms with E-state index in [4.69, 9.17) is 9.47 Å². The normalized spacial score (nSPS) is 18.9. The summed E-state index contributed by atoms with van der Waals surface area (Å²) in [7, 11) is 1.65. The number of nitrogens with zero attached hydrogens (tertiary/aromatic N) is 3. The third-order valence-electron chi connectivity index (χ3n) is 5.65. The molecule has 2 aliphatic rings. The number of amides is 2. The maximum Gasteiger partial charge on any atom is 0.410 e. The predicted octanol–water partition coefficient (Wildman–Crippen LogP) is 3.78. The molecule has 0 unspecified atom stereocenters. The molecule has 7 heteroatoms. The molecule has 2 heterocycles. The van der Waals surface area contributed by atoms with Gasteiger partial charge in [-0.05, 0) is 65.3 Å². The Bertz CT molecular complexity index is 877. The fourth-order valence-corrected chi connectivity index (χ4v) is 4.27. The summed E-state index contributed by atoms with van der Waals surface area (Å²) in [5, 5.41) is 0. The maximum absolute atomic E-state index is 13.4. The van der Waals surface area contributed by atoms with Crippen LogP contribution in [0.3, 0.4) is 0 Å². The molecule has 0 radical (unpaired) electrons. The Morgan fingerprint density at radius 3 is 2.32 bits per heavy atom. The van der Waals surface area contributed by atoms with Crippen LogP contribution in [0.4, 0.5) is 10.5 Å². The topological polar surface area (TPSA) is 62.3 Å². The summed E-state index contributed by atoms with van der Waals surface area (Å²) in [5.74, 6) is 0.822. The SMILES string of the molecule is COc1ccc2c(c1)C(C)=CC(C)(C)N2C(=O)CN1CCN(C(=O)OC(C)(C)C)CC1. The zero-order valence-corrected chi connectivity index (χ0v) is 19.8. The molecule has 3 rings (SSSR count). The first-order valence-electron chi connectivity index (χ1n) is 10.8. The smallest absolute Gasteiger partial charge is 0.410 e. The molecule has 1 aromatic rings. The van der Waals surface area contributed by atoms with Crippen LogP contribution in [0.5, 0.6) is 5.75 Å². The fourth-order valence-electron chi connectivity index (χ4n) is 4.27. The average molecular weight is 430 g/mol. The van der Waals surface area contributed by atoms with Gasteiger partial charge in [-0.1, -0.05) is 6.08 Å². The minimum absolute atomic E-state index is 0.0471. The van der Waals surface area contributed by atoms with E-state index in [1.807, 2.05) is 43.9 Å². The largest absolute Gasteiger partial charge is 0.497 e. The number of fused-ring (bicyclic) bond motifs is 1. The Balaban J connectivity index is 1.69. The Morgan fingerprint density at radius 1 is 1.10 bits per heavy atom. The second-order valence-corrected chi connectivity index (χ2v) is 9.84. The molecule has 7 nitrogen and oxygen atoms in total. The van der Waals surface area contributed by atoms with Gasteiger partial charge in [-0.3, -0.25) is 9.69 Å². The van der Waals surface area contributed by atoms with Gasteiger partial charge in [0.05, 0.1) is 24.9 Å². The van der Waals surface area contributed by atoms with Crippen LogP contribution >= 0.6 is 0 Å². The Kier molecular flexibility index (Phi) is 6.37. The maximum atomic E-state index is 13.4. The van der Waals surface area contributed by atoms with E-state index < -0.39 is 11.1 Å². The number of allylic oxidation sites excluding steroid dienone is 1. The van der Waals surface area contributed by atoms with Crippen LogP contribution in [-0.4, -0.2) is 72.8 Å². The molecule has 0 aliphatic carbocycles. The predicted molar refractivity (Wildman–Crippen MR) is 122 cm³/mol. The van der Waals surface area contributed by atoms with Gasteiger partial charge in [-0.15, -0.1) is 0 Å². The van der Waals surface area contributed by atoms with Crippen molar-refractivity contribution in [3.8, 4) is 5.75 Å². The van der Waals surface area contributed by atoms with Gasteiger partial charge in [-0.25, -0.2) is 4.79 Å². The Hall–Kier alpha value is -2.54. The van der Waals surface area contributed by atoms with Crippen molar-refractivity contribution in [3.63, 3.8) is 0 Å². The molecule has 0 bridgehead atoms. The second kappa shape index (κ2) is 8.54. The number of hydrogen-bond acceptors (Lipinski definition) is 5. The van der Waals surface area contributed by atoms with Crippen LogP contribution in [-0.2, 0) is 9.53 Å². The minimum Gasteiger partial charge on any atom is -0.497 e. The third kappa shape index (κ3) is 5.21. The second-order valence-electron chi connectivity index (χ2n) is 9.84. The van der Waals surface area contributed by atoms with Crippen molar-refractivity contribution in [3.05, 3.63) is 29.8 Å². The van der Waals surface area contributed by atoms with Gasteiger partial charge < -0.3 is 19.3 Å². The molecule has 2 aliphatic heterocycles. The van der Waals surface area contributed by atoms with E-state index in [1.165, 1.54) is 0 Å². The molecular formula is C24H35N3O4. The van der Waals surface area contributed by atoms with Crippen LogP contribution in [0.15, 0.2) is 24.3 Å². The highest BCUT2D eigenvalue weighted by Gasteiger charge is 2.37. The first-order valence-corrected chi connectivity index (χ1v) is 10.8. The average Bonchev–Trinajstić information content (AvgIpc) is 2.66. The molecule has 0 saturated carbocycles. The molecule has 0 aromatic heterocycles. The van der Waals surface area contributed by atoms with Gasteiger partial charge in [0.25, 0.3) is 0 Å². The number of hydrogen-bond donors (Lipinski definition) is 0. The lowest BCUT2D eigenvalue weighted by atomic mass is 9.88. The Morgan fingerprint density at radius 2 is 1.74 bits per heavy atom. The quantitative estimate of drug-likeness (QED) is 0.732. The molecule has 2 amide bonds. The van der Waals surface area contributed by atoms with E-state index >= 15 is 0 Å². The summed E-state index contributed by atoms with van der Waals surface area (Å²) in [6, 6.07) is 5.84. The summed E-state index contributed by atoms with van der Waals surface area (Å²) in [6.07, 6.45) is 1.84. The number of carbonyl (C=O) groups is 2. The molecule has 31 heavy (non-hydrogen) atoms. The molecule has 1 saturated heterocycles. The molecule has 0 spiro atoms. The third-order valence-corrected chi connectivity index (χ3v) is 5.65. The molecule has 1 fully saturated rings. The van der Waals surface area contributed by atoms with Crippen LogP contribution in [0.2, 0.25) is 0 Å². The summed E-state index contributed by atoms with van der Waals surface area (Å²) in [4.78, 5) is 31.4. The van der Waals surface area contributed by atoms with E-state index in [9.17, 15) is 9.59 Å². The summed E-state index contributed by atoms with van der Waals surface area (Å²) in [6.45, 7) is 14.5. The lowest BCUT2D eigenvalue weighted by Gasteiger charge is -2.43. The van der Waals surface area contributed by atoms with Gasteiger partial charge >= 0.3 is 6.09 Å². The number of anilines is 1. The van der Waals surface area contributed by atoms with Gasteiger partial charge in [0.2, 0.25) is 5.91 Å². The van der Waals surface area contributed by atoms with Crippen LogP contribution in [0, 0.1) is 0 Å². The van der Waals surface area contributed by atoms with Crippen molar-refractivity contribution in [2.45, 2.75) is 52.7 Å². The van der Waals surface area contributed by atoms with Crippen LogP contribution < -0.4 is 9.64 Å². The van der Waals surface area contributed by atoms with E-state index in [-0.39, 0.29) is 12.0 Å². The number of methoxy groups -OCH3 is 1. The molecule has 0 N–H and O–H groups in total. The number of piperazine rings is 1. The minimum atomic E-state index is -0.508. The molecule has 1 aromatic carbocycles. The number of ether oxygens (including phenoxy) is 2. The van der Waals surface area contributed by atoms with E-state index in [0.717, 1.165) is 22.6 Å². The van der Waals surface area contributed by atoms with Crippen LogP contribution in [0.1, 0.15) is 47.1 Å². The van der Waals surface area contributed by atoms with Crippen molar-refractivity contribution < 1.29 is 19.1 Å². The molecular weight excluding hydrogens is 394 g/mol.